The molecule has 0 aromatic heterocycles. The zero-order valence-electron chi connectivity index (χ0n) is 16.7. The molecule has 6 heteroatoms. The van der Waals surface area contributed by atoms with E-state index in [-0.39, 0.29) is 11.8 Å². The van der Waals surface area contributed by atoms with Crippen LogP contribution in [0.25, 0.3) is 5.57 Å². The van der Waals surface area contributed by atoms with E-state index >= 15 is 0 Å². The van der Waals surface area contributed by atoms with Crippen molar-refractivity contribution < 1.29 is 9.59 Å². The molecule has 3 aromatic carbocycles. The molecule has 152 valence electrons. The van der Waals surface area contributed by atoms with Crippen molar-refractivity contribution in [3.05, 3.63) is 100 Å². The monoisotopic (exact) mass is 442 g/mol. The highest BCUT2D eigenvalue weighted by atomic mass is 32.2. The van der Waals surface area contributed by atoms with Gasteiger partial charge in [0.15, 0.2) is 4.32 Å². The number of benzene rings is 3. The number of carbonyl (C=O) groups excluding carboxylic acids is 2. The summed E-state index contributed by atoms with van der Waals surface area (Å²) in [5.41, 5.74) is 4.80. The minimum atomic E-state index is -0.250. The Bertz CT molecular complexity index is 1270. The molecule has 1 fully saturated rings. The minimum Gasteiger partial charge on any atom is -0.303 e. The van der Waals surface area contributed by atoms with Gasteiger partial charge in [-0.1, -0.05) is 84.6 Å². The Morgan fingerprint density at radius 2 is 1.61 bits per heavy atom. The first-order valence-electron chi connectivity index (χ1n) is 9.87. The van der Waals surface area contributed by atoms with Gasteiger partial charge in [-0.3, -0.25) is 14.5 Å². The predicted molar refractivity (Wildman–Crippen MR) is 130 cm³/mol. The molecule has 0 aliphatic carbocycles. The fourth-order valence-electron chi connectivity index (χ4n) is 3.93. The number of anilines is 2. The van der Waals surface area contributed by atoms with E-state index in [0.29, 0.717) is 21.3 Å². The Morgan fingerprint density at radius 1 is 0.871 bits per heavy atom. The molecular weight excluding hydrogens is 424 g/mol. The molecule has 31 heavy (non-hydrogen) atoms. The highest BCUT2D eigenvalue weighted by molar-refractivity contribution is 8.27. The topological polar surface area (TPSA) is 40.6 Å². The molecule has 2 amide bonds. The Labute approximate surface area is 190 Å². The first-order chi connectivity index (χ1) is 15.0. The standard InChI is InChI=1S/C25H18N2O2S2/c1-16-8-7-11-18(14-16)27-24(29)22(31-25(27)30)21-19-12-5-6-13-20(19)26(23(21)28)15-17-9-3-2-4-10-17/h2-14H,15H2,1H3. The molecule has 0 spiro atoms. The Kier molecular flexibility index (Phi) is 4.96. The van der Waals surface area contributed by atoms with E-state index in [0.717, 1.165) is 28.1 Å². The zero-order valence-corrected chi connectivity index (χ0v) is 18.4. The number of aryl methyl sites for hydroxylation is 1. The van der Waals surface area contributed by atoms with Gasteiger partial charge in [0.25, 0.3) is 11.8 Å². The van der Waals surface area contributed by atoms with Crippen LogP contribution in [0, 0.1) is 6.92 Å². The van der Waals surface area contributed by atoms with Crippen LogP contribution in [0.1, 0.15) is 16.7 Å². The van der Waals surface area contributed by atoms with Gasteiger partial charge in [0.05, 0.1) is 28.4 Å². The van der Waals surface area contributed by atoms with Gasteiger partial charge < -0.3 is 4.90 Å². The summed E-state index contributed by atoms with van der Waals surface area (Å²) < 4.78 is 0.435. The van der Waals surface area contributed by atoms with E-state index in [9.17, 15) is 9.59 Å². The number of amides is 2. The van der Waals surface area contributed by atoms with Crippen LogP contribution in [0.15, 0.2) is 83.8 Å². The zero-order chi connectivity index (χ0) is 21.5. The van der Waals surface area contributed by atoms with Crippen LogP contribution >= 0.6 is 24.0 Å². The molecule has 2 aliphatic heterocycles. The van der Waals surface area contributed by atoms with E-state index in [4.69, 9.17) is 12.2 Å². The number of carbonyl (C=O) groups is 2. The SMILES string of the molecule is Cc1cccc(N2C(=O)C(=C3C(=O)N(Cc4ccccc4)c4ccccc43)SC2=S)c1. The van der Waals surface area contributed by atoms with Gasteiger partial charge in [-0.05, 0) is 36.2 Å². The predicted octanol–water partition coefficient (Wildman–Crippen LogP) is 5.32. The van der Waals surface area contributed by atoms with Crippen LogP contribution in [0.4, 0.5) is 11.4 Å². The molecule has 0 saturated carbocycles. The van der Waals surface area contributed by atoms with E-state index in [1.807, 2.05) is 85.8 Å². The molecule has 2 aliphatic rings. The summed E-state index contributed by atoms with van der Waals surface area (Å²) in [4.78, 5) is 30.6. The average molecular weight is 443 g/mol. The highest BCUT2D eigenvalue weighted by Gasteiger charge is 2.42. The van der Waals surface area contributed by atoms with Crippen LogP contribution in [0.5, 0.6) is 0 Å². The lowest BCUT2D eigenvalue weighted by molar-refractivity contribution is -0.115. The molecular formula is C25H18N2O2S2. The normalized spacial score (nSPS) is 18.2. The van der Waals surface area contributed by atoms with E-state index in [2.05, 4.69) is 0 Å². The van der Waals surface area contributed by atoms with Crippen molar-refractivity contribution in [2.75, 3.05) is 9.80 Å². The second-order valence-corrected chi connectivity index (χ2v) is 9.09. The number of para-hydroxylation sites is 1. The maximum Gasteiger partial charge on any atom is 0.271 e. The largest absolute Gasteiger partial charge is 0.303 e. The molecule has 0 N–H and O–H groups in total. The summed E-state index contributed by atoms with van der Waals surface area (Å²) >= 11 is 6.73. The van der Waals surface area contributed by atoms with Gasteiger partial charge in [-0.2, -0.15) is 0 Å². The van der Waals surface area contributed by atoms with E-state index in [1.165, 1.54) is 16.7 Å². The first-order valence-corrected chi connectivity index (χ1v) is 11.1. The molecule has 3 aromatic rings. The summed E-state index contributed by atoms with van der Waals surface area (Å²) in [5.74, 6) is -0.421. The van der Waals surface area contributed by atoms with Crippen LogP contribution in [-0.4, -0.2) is 16.1 Å². The fourth-order valence-corrected chi connectivity index (χ4v) is 5.30. The van der Waals surface area contributed by atoms with Gasteiger partial charge in [0, 0.05) is 5.56 Å². The summed E-state index contributed by atoms with van der Waals surface area (Å²) in [7, 11) is 0. The van der Waals surface area contributed by atoms with Crippen LogP contribution in [-0.2, 0) is 16.1 Å². The third-order valence-electron chi connectivity index (χ3n) is 5.36. The molecule has 0 unspecified atom stereocenters. The van der Waals surface area contributed by atoms with Crippen molar-refractivity contribution >= 4 is 57.1 Å². The van der Waals surface area contributed by atoms with Crippen LogP contribution in [0.2, 0.25) is 0 Å². The number of nitrogens with zero attached hydrogens (tertiary/aromatic N) is 2. The van der Waals surface area contributed by atoms with Gasteiger partial charge in [-0.15, -0.1) is 0 Å². The smallest absolute Gasteiger partial charge is 0.271 e. The summed E-state index contributed by atoms with van der Waals surface area (Å²) in [6.45, 7) is 2.41. The number of fused-ring (bicyclic) bond motifs is 1. The minimum absolute atomic E-state index is 0.171. The summed E-state index contributed by atoms with van der Waals surface area (Å²) in [6.07, 6.45) is 0. The Hall–Kier alpha value is -3.22. The third kappa shape index (κ3) is 3.38. The quantitative estimate of drug-likeness (QED) is 0.407. The summed E-state index contributed by atoms with van der Waals surface area (Å²) in [5, 5.41) is 0. The molecule has 2 heterocycles. The molecule has 4 nitrogen and oxygen atoms in total. The number of rotatable bonds is 3. The third-order valence-corrected chi connectivity index (χ3v) is 6.74. The molecule has 1 saturated heterocycles. The lowest BCUT2D eigenvalue weighted by Crippen LogP contribution is -2.29. The van der Waals surface area contributed by atoms with Crippen molar-refractivity contribution in [3.8, 4) is 0 Å². The van der Waals surface area contributed by atoms with Gasteiger partial charge in [-0.25, -0.2) is 0 Å². The molecule has 0 atom stereocenters. The lowest BCUT2D eigenvalue weighted by Gasteiger charge is -2.17. The van der Waals surface area contributed by atoms with Crippen molar-refractivity contribution in [2.45, 2.75) is 13.5 Å². The van der Waals surface area contributed by atoms with Crippen molar-refractivity contribution in [1.82, 2.24) is 0 Å². The van der Waals surface area contributed by atoms with Gasteiger partial charge in [0.2, 0.25) is 0 Å². The van der Waals surface area contributed by atoms with Crippen LogP contribution < -0.4 is 9.80 Å². The van der Waals surface area contributed by atoms with Crippen LogP contribution in [0.3, 0.4) is 0 Å². The number of thioether (sulfide) groups is 1. The Morgan fingerprint density at radius 3 is 2.39 bits per heavy atom. The van der Waals surface area contributed by atoms with E-state index < -0.39 is 0 Å². The van der Waals surface area contributed by atoms with Crippen molar-refractivity contribution in [2.24, 2.45) is 0 Å². The maximum atomic E-state index is 13.5. The number of hydrogen-bond acceptors (Lipinski definition) is 4. The average Bonchev–Trinajstić information content (AvgIpc) is 3.21. The highest BCUT2D eigenvalue weighted by Crippen LogP contribution is 2.45. The van der Waals surface area contributed by atoms with Gasteiger partial charge >= 0.3 is 0 Å². The molecule has 5 rings (SSSR count). The maximum absolute atomic E-state index is 13.5. The fraction of sp³-hybridized carbons (Fsp3) is 0.0800. The first kappa shape index (κ1) is 19.7. The summed E-state index contributed by atoms with van der Waals surface area (Å²) in [6, 6.07) is 25.1. The lowest BCUT2D eigenvalue weighted by atomic mass is 10.1. The van der Waals surface area contributed by atoms with Gasteiger partial charge in [0.1, 0.15) is 0 Å². The molecule has 0 bridgehead atoms. The van der Waals surface area contributed by atoms with Crippen molar-refractivity contribution in [1.29, 1.82) is 0 Å². The van der Waals surface area contributed by atoms with E-state index in [1.54, 1.807) is 4.90 Å². The second kappa shape index (κ2) is 7.80. The Balaban J connectivity index is 1.59. The second-order valence-electron chi connectivity index (χ2n) is 7.45. The molecule has 0 radical (unpaired) electrons. The number of thiocarbonyl (C=S) groups is 1. The number of hydrogen-bond donors (Lipinski definition) is 0. The van der Waals surface area contributed by atoms with Crippen molar-refractivity contribution in [3.63, 3.8) is 0 Å².